The molecule has 0 N–H and O–H groups in total. The van der Waals surface area contributed by atoms with Gasteiger partial charge in [-0.15, -0.1) is 0 Å². The van der Waals surface area contributed by atoms with E-state index in [4.69, 9.17) is 9.47 Å². The number of carbonyl (C=O) groups excluding carboxylic acids is 1. The van der Waals surface area contributed by atoms with Crippen molar-refractivity contribution in [3.63, 3.8) is 0 Å². The van der Waals surface area contributed by atoms with E-state index in [2.05, 4.69) is 4.90 Å². The molecule has 1 atom stereocenters. The molecule has 4 heteroatoms. The third-order valence-corrected chi connectivity index (χ3v) is 3.65. The van der Waals surface area contributed by atoms with Gasteiger partial charge >= 0.3 is 0 Å². The van der Waals surface area contributed by atoms with Gasteiger partial charge in [-0.1, -0.05) is 12.5 Å². The van der Waals surface area contributed by atoms with Crippen molar-refractivity contribution >= 4 is 6.29 Å². The molecule has 1 aliphatic heterocycles. The van der Waals surface area contributed by atoms with Gasteiger partial charge in [-0.3, -0.25) is 4.90 Å². The quantitative estimate of drug-likeness (QED) is 0.764. The maximum absolute atomic E-state index is 11.1. The fraction of sp³-hybridized carbons (Fsp3) is 0.533. The van der Waals surface area contributed by atoms with Crippen molar-refractivity contribution in [2.75, 3.05) is 20.8 Å². The predicted octanol–water partition coefficient (Wildman–Crippen LogP) is 2.26. The van der Waals surface area contributed by atoms with Crippen LogP contribution in [-0.2, 0) is 11.3 Å². The molecule has 104 valence electrons. The topological polar surface area (TPSA) is 38.8 Å². The van der Waals surface area contributed by atoms with Gasteiger partial charge in [0.2, 0.25) is 0 Å². The normalized spacial score (nSPS) is 20.0. The van der Waals surface area contributed by atoms with E-state index in [-0.39, 0.29) is 6.04 Å². The molecule has 19 heavy (non-hydrogen) atoms. The molecule has 0 bridgehead atoms. The average Bonchev–Trinajstić information content (AvgIpc) is 2.47. The van der Waals surface area contributed by atoms with Crippen LogP contribution in [0.2, 0.25) is 0 Å². The van der Waals surface area contributed by atoms with Gasteiger partial charge < -0.3 is 14.3 Å². The Balaban J connectivity index is 2.11. The second kappa shape index (κ2) is 6.57. The number of nitrogens with zero attached hydrogens (tertiary/aromatic N) is 1. The van der Waals surface area contributed by atoms with Gasteiger partial charge in [0.15, 0.2) is 11.5 Å². The lowest BCUT2D eigenvalue weighted by Crippen LogP contribution is -2.39. The van der Waals surface area contributed by atoms with E-state index in [1.165, 1.54) is 0 Å². The monoisotopic (exact) mass is 263 g/mol. The Bertz CT molecular complexity index is 433. The van der Waals surface area contributed by atoms with Crippen molar-refractivity contribution in [2.24, 2.45) is 0 Å². The second-order valence-electron chi connectivity index (χ2n) is 4.86. The molecule has 0 aliphatic carbocycles. The Morgan fingerprint density at radius 2 is 2.05 bits per heavy atom. The summed E-state index contributed by atoms with van der Waals surface area (Å²) in [6.45, 7) is 1.77. The van der Waals surface area contributed by atoms with Gasteiger partial charge in [-0.25, -0.2) is 0 Å². The van der Waals surface area contributed by atoms with Crippen LogP contribution in [0.5, 0.6) is 11.5 Å². The number of hydrogen-bond donors (Lipinski definition) is 0. The van der Waals surface area contributed by atoms with Crippen molar-refractivity contribution < 1.29 is 14.3 Å². The number of rotatable bonds is 5. The maximum Gasteiger partial charge on any atom is 0.161 e. The lowest BCUT2D eigenvalue weighted by molar-refractivity contribution is -0.113. The lowest BCUT2D eigenvalue weighted by Gasteiger charge is -2.32. The minimum absolute atomic E-state index is 0.0573. The first kappa shape index (κ1) is 13.9. The first-order chi connectivity index (χ1) is 9.28. The van der Waals surface area contributed by atoms with E-state index < -0.39 is 0 Å². The summed E-state index contributed by atoms with van der Waals surface area (Å²) in [6, 6.07) is 5.98. The Morgan fingerprint density at radius 1 is 1.26 bits per heavy atom. The zero-order valence-corrected chi connectivity index (χ0v) is 11.6. The van der Waals surface area contributed by atoms with Gasteiger partial charge in [-0.2, -0.15) is 0 Å². The smallest absolute Gasteiger partial charge is 0.161 e. The lowest BCUT2D eigenvalue weighted by atomic mass is 10.0. The van der Waals surface area contributed by atoms with E-state index in [9.17, 15) is 4.79 Å². The van der Waals surface area contributed by atoms with E-state index in [0.717, 1.165) is 55.7 Å². The molecule has 0 saturated carbocycles. The molecule has 0 amide bonds. The van der Waals surface area contributed by atoms with E-state index in [1.54, 1.807) is 14.2 Å². The van der Waals surface area contributed by atoms with Crippen LogP contribution >= 0.6 is 0 Å². The summed E-state index contributed by atoms with van der Waals surface area (Å²) in [5.74, 6) is 1.47. The zero-order chi connectivity index (χ0) is 13.7. The van der Waals surface area contributed by atoms with Crippen LogP contribution < -0.4 is 9.47 Å². The number of aldehydes is 1. The Labute approximate surface area is 114 Å². The Hall–Kier alpha value is -1.55. The van der Waals surface area contributed by atoms with Gasteiger partial charge in [0.05, 0.1) is 20.3 Å². The molecule has 2 rings (SSSR count). The number of carbonyl (C=O) groups is 1. The summed E-state index contributed by atoms with van der Waals surface area (Å²) < 4.78 is 10.5. The molecule has 1 aromatic carbocycles. The summed E-state index contributed by atoms with van der Waals surface area (Å²) in [4.78, 5) is 13.3. The molecule has 4 nitrogen and oxygen atoms in total. The van der Waals surface area contributed by atoms with Crippen LogP contribution in [0.4, 0.5) is 0 Å². The molecule has 0 aromatic heterocycles. The van der Waals surface area contributed by atoms with Crippen LogP contribution in [0.25, 0.3) is 0 Å². The van der Waals surface area contributed by atoms with Gasteiger partial charge in [0.1, 0.15) is 6.29 Å². The number of piperidine rings is 1. The molecule has 1 aromatic rings. The number of ether oxygens (including phenoxy) is 2. The summed E-state index contributed by atoms with van der Waals surface area (Å²) in [5, 5.41) is 0. The largest absolute Gasteiger partial charge is 0.493 e. The molecule has 1 heterocycles. The second-order valence-corrected chi connectivity index (χ2v) is 4.86. The highest BCUT2D eigenvalue weighted by Gasteiger charge is 2.21. The minimum atomic E-state index is 0.0573. The van der Waals surface area contributed by atoms with Crippen molar-refractivity contribution in [3.05, 3.63) is 23.8 Å². The summed E-state index contributed by atoms with van der Waals surface area (Å²) in [7, 11) is 3.27. The van der Waals surface area contributed by atoms with Crippen molar-refractivity contribution in [2.45, 2.75) is 31.8 Å². The van der Waals surface area contributed by atoms with E-state index >= 15 is 0 Å². The summed E-state index contributed by atoms with van der Waals surface area (Å²) in [6.07, 6.45) is 4.35. The fourth-order valence-corrected chi connectivity index (χ4v) is 2.58. The molecule has 1 aliphatic rings. The highest BCUT2D eigenvalue weighted by Crippen LogP contribution is 2.28. The molecule has 0 spiro atoms. The molecule has 1 saturated heterocycles. The number of hydrogen-bond acceptors (Lipinski definition) is 4. The van der Waals surface area contributed by atoms with Gasteiger partial charge in [0, 0.05) is 6.54 Å². The van der Waals surface area contributed by atoms with Crippen LogP contribution in [0, 0.1) is 0 Å². The number of methoxy groups -OCH3 is 2. The zero-order valence-electron chi connectivity index (χ0n) is 11.6. The van der Waals surface area contributed by atoms with Crippen molar-refractivity contribution in [1.82, 2.24) is 4.90 Å². The van der Waals surface area contributed by atoms with Crippen LogP contribution in [0.15, 0.2) is 18.2 Å². The maximum atomic E-state index is 11.1. The van der Waals surface area contributed by atoms with Crippen LogP contribution in [0.1, 0.15) is 24.8 Å². The van der Waals surface area contributed by atoms with E-state index in [0.29, 0.717) is 0 Å². The predicted molar refractivity (Wildman–Crippen MR) is 73.7 cm³/mol. The molecular weight excluding hydrogens is 242 g/mol. The van der Waals surface area contributed by atoms with Gasteiger partial charge in [0.25, 0.3) is 0 Å². The first-order valence-electron chi connectivity index (χ1n) is 6.68. The van der Waals surface area contributed by atoms with Crippen molar-refractivity contribution in [3.8, 4) is 11.5 Å². The molecule has 0 radical (unpaired) electrons. The molecular formula is C15H21NO3. The molecule has 1 fully saturated rings. The Kier molecular flexibility index (Phi) is 4.80. The van der Waals surface area contributed by atoms with Gasteiger partial charge in [-0.05, 0) is 37.1 Å². The highest BCUT2D eigenvalue weighted by molar-refractivity contribution is 5.57. The summed E-state index contributed by atoms with van der Waals surface area (Å²) >= 11 is 0. The Morgan fingerprint density at radius 3 is 2.74 bits per heavy atom. The van der Waals surface area contributed by atoms with Crippen LogP contribution in [0.3, 0.4) is 0 Å². The number of benzene rings is 1. The average molecular weight is 263 g/mol. The van der Waals surface area contributed by atoms with E-state index in [1.807, 2.05) is 18.2 Å². The number of likely N-dealkylation sites (tertiary alicyclic amines) is 1. The third-order valence-electron chi connectivity index (χ3n) is 3.65. The van der Waals surface area contributed by atoms with Crippen molar-refractivity contribution in [1.29, 1.82) is 0 Å². The standard InChI is InChI=1S/C15H21NO3/c1-18-14-7-6-12(9-15(14)19-2)10-16-8-4-3-5-13(16)11-17/h6-7,9,11,13H,3-5,8,10H2,1-2H3. The SMILES string of the molecule is COc1ccc(CN2CCCCC2C=O)cc1OC. The summed E-state index contributed by atoms with van der Waals surface area (Å²) in [5.41, 5.74) is 1.14. The third kappa shape index (κ3) is 3.26. The van der Waals surface area contributed by atoms with Crippen LogP contribution in [-0.4, -0.2) is 38.0 Å². The molecule has 1 unspecified atom stereocenters. The highest BCUT2D eigenvalue weighted by atomic mass is 16.5. The first-order valence-corrected chi connectivity index (χ1v) is 6.68. The fourth-order valence-electron chi connectivity index (χ4n) is 2.58. The minimum Gasteiger partial charge on any atom is -0.493 e.